The molecule has 0 atom stereocenters. The van der Waals surface area contributed by atoms with Gasteiger partial charge in [-0.15, -0.1) is 0 Å². The number of carbonyl (C=O) groups excluding carboxylic acids is 1. The van der Waals surface area contributed by atoms with Crippen molar-refractivity contribution in [2.75, 3.05) is 6.54 Å². The number of hydrogen-bond acceptors (Lipinski definition) is 3. The molecule has 1 saturated carbocycles. The van der Waals surface area contributed by atoms with Crippen molar-refractivity contribution in [2.24, 2.45) is 0 Å². The number of amides is 1. The summed E-state index contributed by atoms with van der Waals surface area (Å²) in [6, 6.07) is 10.4. The van der Waals surface area contributed by atoms with Gasteiger partial charge in [0, 0.05) is 29.9 Å². The van der Waals surface area contributed by atoms with Crippen LogP contribution in [0, 0.1) is 0 Å². The first kappa shape index (κ1) is 17.7. The highest BCUT2D eigenvalue weighted by Crippen LogP contribution is 2.33. The molecule has 5 heteroatoms. The van der Waals surface area contributed by atoms with Crippen LogP contribution in [0.2, 0.25) is 0 Å². The summed E-state index contributed by atoms with van der Waals surface area (Å²) in [6.45, 7) is 2.75. The van der Waals surface area contributed by atoms with Crippen molar-refractivity contribution >= 4 is 16.8 Å². The SMILES string of the molecule is CCc1nn(C2CCCC2)c2cc(C(=O)NCCc3ccncc3)ccc12. The van der Waals surface area contributed by atoms with Crippen LogP contribution in [-0.2, 0) is 12.8 Å². The largest absolute Gasteiger partial charge is 0.352 e. The number of rotatable bonds is 6. The second kappa shape index (κ2) is 7.91. The predicted octanol–water partition coefficient (Wildman–Crippen LogP) is 4.08. The number of aromatic nitrogens is 3. The van der Waals surface area contributed by atoms with Crippen molar-refractivity contribution in [3.05, 3.63) is 59.5 Å². The van der Waals surface area contributed by atoms with Gasteiger partial charge in [0.05, 0.1) is 17.3 Å². The summed E-state index contributed by atoms with van der Waals surface area (Å²) in [5.74, 6) is -0.0248. The van der Waals surface area contributed by atoms with E-state index in [2.05, 4.69) is 28.0 Å². The molecule has 3 aromatic rings. The Labute approximate surface area is 159 Å². The number of carbonyl (C=O) groups is 1. The first-order chi connectivity index (χ1) is 13.3. The van der Waals surface area contributed by atoms with E-state index in [4.69, 9.17) is 5.10 Å². The van der Waals surface area contributed by atoms with E-state index in [1.54, 1.807) is 12.4 Å². The molecule has 1 fully saturated rings. The fourth-order valence-electron chi connectivity index (χ4n) is 4.00. The predicted molar refractivity (Wildman–Crippen MR) is 107 cm³/mol. The molecule has 0 saturated heterocycles. The van der Waals surface area contributed by atoms with Crippen LogP contribution in [0.3, 0.4) is 0 Å². The van der Waals surface area contributed by atoms with Gasteiger partial charge in [-0.3, -0.25) is 14.5 Å². The van der Waals surface area contributed by atoms with Gasteiger partial charge in [-0.1, -0.05) is 25.8 Å². The second-order valence-corrected chi connectivity index (χ2v) is 7.28. The molecular formula is C22H26N4O. The smallest absolute Gasteiger partial charge is 0.251 e. The van der Waals surface area contributed by atoms with Gasteiger partial charge in [0.2, 0.25) is 0 Å². The lowest BCUT2D eigenvalue weighted by Crippen LogP contribution is -2.25. The number of benzene rings is 1. The highest BCUT2D eigenvalue weighted by molar-refractivity contribution is 5.98. The lowest BCUT2D eigenvalue weighted by atomic mass is 10.1. The fourth-order valence-corrected chi connectivity index (χ4v) is 4.00. The molecule has 2 heterocycles. The first-order valence-electron chi connectivity index (χ1n) is 9.94. The molecular weight excluding hydrogens is 336 g/mol. The average Bonchev–Trinajstić information content (AvgIpc) is 3.35. The Kier molecular flexibility index (Phi) is 5.19. The van der Waals surface area contributed by atoms with Crippen molar-refractivity contribution in [1.82, 2.24) is 20.1 Å². The van der Waals surface area contributed by atoms with Crippen LogP contribution in [0.4, 0.5) is 0 Å². The standard InChI is InChI=1S/C22H26N4O/c1-2-20-19-8-7-17(15-21(19)26(25-20)18-5-3-4-6-18)22(27)24-14-11-16-9-12-23-13-10-16/h7-10,12-13,15,18H,2-6,11,14H2,1H3,(H,24,27). The van der Waals surface area contributed by atoms with Gasteiger partial charge in [-0.25, -0.2) is 0 Å². The molecule has 0 bridgehead atoms. The maximum Gasteiger partial charge on any atom is 0.251 e. The van der Waals surface area contributed by atoms with Crippen LogP contribution < -0.4 is 5.32 Å². The third-order valence-corrected chi connectivity index (χ3v) is 5.50. The van der Waals surface area contributed by atoms with Crippen LogP contribution in [0.25, 0.3) is 10.9 Å². The molecule has 1 aliphatic carbocycles. The van der Waals surface area contributed by atoms with Crippen LogP contribution in [-0.4, -0.2) is 27.2 Å². The normalized spacial score (nSPS) is 14.7. The zero-order valence-corrected chi connectivity index (χ0v) is 15.8. The van der Waals surface area contributed by atoms with Gasteiger partial charge < -0.3 is 5.32 Å². The molecule has 140 valence electrons. The molecule has 2 aromatic heterocycles. The first-order valence-corrected chi connectivity index (χ1v) is 9.94. The van der Waals surface area contributed by atoms with Crippen LogP contribution in [0.1, 0.15) is 60.3 Å². The molecule has 1 N–H and O–H groups in total. The van der Waals surface area contributed by atoms with Crippen molar-refractivity contribution < 1.29 is 4.79 Å². The highest BCUT2D eigenvalue weighted by Gasteiger charge is 2.22. The molecule has 5 nitrogen and oxygen atoms in total. The monoisotopic (exact) mass is 362 g/mol. The number of hydrogen-bond donors (Lipinski definition) is 1. The maximum atomic E-state index is 12.6. The highest BCUT2D eigenvalue weighted by atomic mass is 16.1. The molecule has 1 aromatic carbocycles. The summed E-state index contributed by atoms with van der Waals surface area (Å²) in [4.78, 5) is 16.7. The third-order valence-electron chi connectivity index (χ3n) is 5.50. The number of nitrogens with one attached hydrogen (secondary N) is 1. The van der Waals surface area contributed by atoms with Gasteiger partial charge in [0.1, 0.15) is 0 Å². The fraction of sp³-hybridized carbons (Fsp3) is 0.409. The minimum absolute atomic E-state index is 0.0248. The minimum Gasteiger partial charge on any atom is -0.352 e. The van der Waals surface area contributed by atoms with Gasteiger partial charge in [0.25, 0.3) is 5.91 Å². The van der Waals surface area contributed by atoms with Crippen molar-refractivity contribution in [1.29, 1.82) is 0 Å². The Bertz CT molecular complexity index is 926. The van der Waals surface area contributed by atoms with E-state index in [1.807, 2.05) is 24.3 Å². The zero-order valence-electron chi connectivity index (χ0n) is 15.8. The van der Waals surface area contributed by atoms with E-state index in [-0.39, 0.29) is 5.91 Å². The maximum absolute atomic E-state index is 12.6. The van der Waals surface area contributed by atoms with Gasteiger partial charge in [0.15, 0.2) is 0 Å². The van der Waals surface area contributed by atoms with E-state index in [1.165, 1.54) is 36.6 Å². The molecule has 0 radical (unpaired) electrons. The van der Waals surface area contributed by atoms with Crippen LogP contribution in [0.5, 0.6) is 0 Å². The van der Waals surface area contributed by atoms with E-state index in [9.17, 15) is 4.79 Å². The lowest BCUT2D eigenvalue weighted by molar-refractivity contribution is 0.0954. The number of nitrogens with zero attached hydrogens (tertiary/aromatic N) is 3. The van der Waals surface area contributed by atoms with Crippen molar-refractivity contribution in [2.45, 2.75) is 51.5 Å². The summed E-state index contributed by atoms with van der Waals surface area (Å²) >= 11 is 0. The summed E-state index contributed by atoms with van der Waals surface area (Å²) in [7, 11) is 0. The molecule has 27 heavy (non-hydrogen) atoms. The van der Waals surface area contributed by atoms with Gasteiger partial charge >= 0.3 is 0 Å². The number of pyridine rings is 1. The van der Waals surface area contributed by atoms with E-state index in [0.717, 1.165) is 24.1 Å². The van der Waals surface area contributed by atoms with Crippen molar-refractivity contribution in [3.63, 3.8) is 0 Å². The lowest BCUT2D eigenvalue weighted by Gasteiger charge is -2.12. The van der Waals surface area contributed by atoms with Crippen LogP contribution in [0.15, 0.2) is 42.7 Å². The molecule has 1 amide bonds. The molecule has 4 rings (SSSR count). The minimum atomic E-state index is -0.0248. The quantitative estimate of drug-likeness (QED) is 0.719. The summed E-state index contributed by atoms with van der Waals surface area (Å²) < 4.78 is 2.18. The summed E-state index contributed by atoms with van der Waals surface area (Å²) in [5, 5.41) is 9.08. The average molecular weight is 362 g/mol. The number of fused-ring (bicyclic) bond motifs is 1. The third kappa shape index (κ3) is 3.72. The van der Waals surface area contributed by atoms with Gasteiger partial charge in [-0.2, -0.15) is 5.10 Å². The summed E-state index contributed by atoms with van der Waals surface area (Å²) in [5.41, 5.74) is 4.11. The number of aryl methyl sites for hydroxylation is 1. The topological polar surface area (TPSA) is 59.8 Å². The van der Waals surface area contributed by atoms with Gasteiger partial charge in [-0.05, 0) is 55.5 Å². The van der Waals surface area contributed by atoms with E-state index >= 15 is 0 Å². The second-order valence-electron chi connectivity index (χ2n) is 7.28. The molecule has 1 aliphatic rings. The Morgan fingerprint density at radius 2 is 1.96 bits per heavy atom. The molecule has 0 unspecified atom stereocenters. The summed E-state index contributed by atoms with van der Waals surface area (Å²) in [6.07, 6.45) is 10.2. The Morgan fingerprint density at radius 3 is 2.70 bits per heavy atom. The Balaban J connectivity index is 1.53. The van der Waals surface area contributed by atoms with Crippen LogP contribution >= 0.6 is 0 Å². The zero-order chi connectivity index (χ0) is 18.6. The Hall–Kier alpha value is -2.69. The van der Waals surface area contributed by atoms with E-state index < -0.39 is 0 Å². The molecule has 0 aliphatic heterocycles. The van der Waals surface area contributed by atoms with E-state index in [0.29, 0.717) is 18.2 Å². The molecule has 0 spiro atoms. The Morgan fingerprint density at radius 1 is 1.19 bits per heavy atom. The van der Waals surface area contributed by atoms with Crippen molar-refractivity contribution in [3.8, 4) is 0 Å².